The van der Waals surface area contributed by atoms with E-state index in [4.69, 9.17) is 19.8 Å². The van der Waals surface area contributed by atoms with Gasteiger partial charge in [0.05, 0.1) is 18.6 Å². The normalized spacial score (nSPS) is 8.95. The van der Waals surface area contributed by atoms with E-state index in [2.05, 4.69) is 4.74 Å². The Balaban J connectivity index is 0. The van der Waals surface area contributed by atoms with Crippen LogP contribution < -0.4 is 28.7 Å². The minimum absolute atomic E-state index is 0. The Morgan fingerprint density at radius 3 is 1.41 bits per heavy atom. The van der Waals surface area contributed by atoms with Crippen LogP contribution in [0.25, 0.3) is 0 Å². The van der Waals surface area contributed by atoms with E-state index in [1.54, 1.807) is 0 Å². The van der Waals surface area contributed by atoms with E-state index in [1.807, 2.05) is 0 Å². The standard InChI is InChI=1S/C8H4F4O3.C2H2O4.Li/c1-15-7-5(11)3(9)2(8(13)14)4(10)6(7)12;3-1(4)2(5)6;/h1H3,(H,13,14);(H,3,4)(H,5,6);/q;;+1/p-1. The summed E-state index contributed by atoms with van der Waals surface area (Å²) in [5.74, 6) is -15.3. The summed E-state index contributed by atoms with van der Waals surface area (Å²) in [4.78, 5) is 28.4. The molecule has 1 rings (SSSR count). The Kier molecular flexibility index (Phi) is 8.92. The zero-order valence-corrected chi connectivity index (χ0v) is 10.9. The van der Waals surface area contributed by atoms with Crippen molar-refractivity contribution in [2.75, 3.05) is 7.11 Å². The Morgan fingerprint density at radius 2 is 1.23 bits per heavy atom. The van der Waals surface area contributed by atoms with Crippen molar-refractivity contribution in [1.29, 1.82) is 0 Å². The van der Waals surface area contributed by atoms with E-state index in [0.29, 0.717) is 0 Å². The van der Waals surface area contributed by atoms with Crippen LogP contribution in [0, 0.1) is 23.3 Å². The molecule has 0 saturated carbocycles. The van der Waals surface area contributed by atoms with Crippen molar-refractivity contribution in [2.45, 2.75) is 0 Å². The Labute approximate surface area is 131 Å². The van der Waals surface area contributed by atoms with Gasteiger partial charge >= 0.3 is 30.8 Å². The minimum atomic E-state index is -2.36. The number of aliphatic carboxylic acids is 2. The Morgan fingerprint density at radius 1 is 0.909 bits per heavy atom. The molecule has 0 aromatic heterocycles. The van der Waals surface area contributed by atoms with Gasteiger partial charge in [-0.15, -0.1) is 0 Å². The molecule has 0 radical (unpaired) electrons. The monoisotopic (exact) mass is 320 g/mol. The molecule has 0 spiro atoms. The van der Waals surface area contributed by atoms with Crippen molar-refractivity contribution in [2.24, 2.45) is 0 Å². The maximum atomic E-state index is 12.9. The van der Waals surface area contributed by atoms with E-state index < -0.39 is 52.5 Å². The second kappa shape index (κ2) is 8.91. The van der Waals surface area contributed by atoms with Crippen LogP contribution in [0.1, 0.15) is 10.4 Å². The number of benzene rings is 1. The van der Waals surface area contributed by atoms with Gasteiger partial charge in [-0.1, -0.05) is 0 Å². The van der Waals surface area contributed by atoms with Crippen LogP contribution in [0.15, 0.2) is 0 Å². The van der Waals surface area contributed by atoms with Crippen molar-refractivity contribution < 1.29 is 70.9 Å². The molecule has 1 aromatic carbocycles. The fourth-order valence-corrected chi connectivity index (χ4v) is 0.970. The summed E-state index contributed by atoms with van der Waals surface area (Å²) in [6, 6.07) is 0. The number of aromatic carboxylic acids is 1. The molecule has 2 N–H and O–H groups in total. The molecule has 0 aliphatic heterocycles. The zero-order chi connectivity index (χ0) is 16.9. The van der Waals surface area contributed by atoms with Crippen LogP contribution in [0.3, 0.4) is 0 Å². The van der Waals surface area contributed by atoms with Gasteiger partial charge in [0.1, 0.15) is 0 Å². The number of carboxylic acids is 3. The Bertz CT molecular complexity index is 564. The fourth-order valence-electron chi connectivity index (χ4n) is 0.970. The second-order valence-corrected chi connectivity index (χ2v) is 3.06. The van der Waals surface area contributed by atoms with Gasteiger partial charge in [0.15, 0.2) is 17.4 Å². The summed E-state index contributed by atoms with van der Waals surface area (Å²) >= 11 is 0. The molecular formula is C10H5F4LiO7. The molecule has 0 heterocycles. The van der Waals surface area contributed by atoms with Crippen LogP contribution in [-0.4, -0.2) is 35.2 Å². The number of carbonyl (C=O) groups is 3. The van der Waals surface area contributed by atoms with Crippen LogP contribution in [0.2, 0.25) is 0 Å². The number of carbonyl (C=O) groups excluding carboxylic acids is 1. The molecule has 0 saturated heterocycles. The van der Waals surface area contributed by atoms with Crippen LogP contribution in [0.4, 0.5) is 17.6 Å². The number of hydrogen-bond acceptors (Lipinski definition) is 5. The van der Waals surface area contributed by atoms with E-state index in [0.717, 1.165) is 7.11 Å². The van der Waals surface area contributed by atoms with Gasteiger partial charge in [-0.3, -0.25) is 0 Å². The average Bonchev–Trinajstić information content (AvgIpc) is 2.37. The fraction of sp³-hybridized carbons (Fsp3) is 0.100. The zero-order valence-electron chi connectivity index (χ0n) is 10.9. The van der Waals surface area contributed by atoms with Crippen molar-refractivity contribution in [3.63, 3.8) is 0 Å². The third-order valence-corrected chi connectivity index (χ3v) is 1.81. The molecule has 0 aliphatic rings. The number of methoxy groups -OCH3 is 1. The van der Waals surface area contributed by atoms with Gasteiger partial charge < -0.3 is 24.9 Å². The van der Waals surface area contributed by atoms with Crippen LogP contribution in [-0.2, 0) is 9.59 Å². The van der Waals surface area contributed by atoms with Gasteiger partial charge in [-0.05, 0) is 0 Å². The molecule has 0 atom stereocenters. The predicted molar refractivity (Wildman–Crippen MR) is 52.4 cm³/mol. The Hall–Kier alpha value is -2.25. The smallest absolute Gasteiger partial charge is 0.545 e. The van der Waals surface area contributed by atoms with Crippen molar-refractivity contribution >= 4 is 17.9 Å². The molecule has 1 aromatic rings. The number of halogens is 4. The molecule has 0 unspecified atom stereocenters. The SMILES string of the molecule is COc1c(F)c(F)c(C(=O)[O-])c(F)c1F.O=C(O)C(=O)O.[Li+]. The van der Waals surface area contributed by atoms with Crippen LogP contribution in [0.5, 0.6) is 5.75 Å². The van der Waals surface area contributed by atoms with E-state index >= 15 is 0 Å². The summed E-state index contributed by atoms with van der Waals surface area (Å²) in [6.45, 7) is 0. The molecule has 12 heteroatoms. The number of rotatable bonds is 2. The third kappa shape index (κ3) is 4.94. The first-order valence-corrected chi connectivity index (χ1v) is 4.63. The maximum absolute atomic E-state index is 12.9. The molecule has 116 valence electrons. The van der Waals surface area contributed by atoms with Crippen molar-refractivity contribution in [1.82, 2.24) is 0 Å². The second-order valence-electron chi connectivity index (χ2n) is 3.06. The molecule has 0 fully saturated rings. The molecule has 7 nitrogen and oxygen atoms in total. The molecule has 0 amide bonds. The summed E-state index contributed by atoms with van der Waals surface area (Å²) in [7, 11) is 0.777. The van der Waals surface area contributed by atoms with Gasteiger partial charge in [-0.25, -0.2) is 18.4 Å². The van der Waals surface area contributed by atoms with E-state index in [9.17, 15) is 27.5 Å². The quantitative estimate of drug-likeness (QED) is 0.254. The summed E-state index contributed by atoms with van der Waals surface area (Å²) in [5, 5.41) is 25.0. The van der Waals surface area contributed by atoms with Crippen LogP contribution >= 0.6 is 0 Å². The number of ether oxygens (including phenoxy) is 1. The summed E-state index contributed by atoms with van der Waals surface area (Å²) < 4.78 is 55.5. The topological polar surface area (TPSA) is 124 Å². The van der Waals surface area contributed by atoms with E-state index in [1.165, 1.54) is 0 Å². The van der Waals surface area contributed by atoms with E-state index in [-0.39, 0.29) is 18.9 Å². The molecule has 0 bridgehead atoms. The molecular weight excluding hydrogens is 315 g/mol. The molecule has 0 aliphatic carbocycles. The van der Waals surface area contributed by atoms with Gasteiger partial charge in [0.2, 0.25) is 11.6 Å². The van der Waals surface area contributed by atoms with Gasteiger partial charge in [0.25, 0.3) is 0 Å². The van der Waals surface area contributed by atoms with Crippen molar-refractivity contribution in [3.8, 4) is 5.75 Å². The van der Waals surface area contributed by atoms with Gasteiger partial charge in [0, 0.05) is 0 Å². The third-order valence-electron chi connectivity index (χ3n) is 1.81. The number of hydrogen-bond donors (Lipinski definition) is 2. The maximum Gasteiger partial charge on any atom is 1.00 e. The first-order chi connectivity index (χ1) is 9.56. The van der Waals surface area contributed by atoms with Gasteiger partial charge in [-0.2, -0.15) is 8.78 Å². The number of carboxylic acid groups (broad SMARTS) is 3. The summed E-state index contributed by atoms with van der Waals surface area (Å²) in [5.41, 5.74) is -1.80. The first kappa shape index (κ1) is 22.0. The largest absolute Gasteiger partial charge is 1.00 e. The average molecular weight is 320 g/mol. The minimum Gasteiger partial charge on any atom is -0.545 e. The first-order valence-electron chi connectivity index (χ1n) is 4.63. The molecule has 22 heavy (non-hydrogen) atoms. The van der Waals surface area contributed by atoms with Crippen molar-refractivity contribution in [3.05, 3.63) is 28.8 Å². The predicted octanol–water partition coefficient (Wildman–Crippen LogP) is -3.23. The summed E-state index contributed by atoms with van der Waals surface area (Å²) in [6.07, 6.45) is 0.